The van der Waals surface area contributed by atoms with Crippen LogP contribution in [-0.2, 0) is 0 Å². The zero-order chi connectivity index (χ0) is 21.9. The molecule has 0 aromatic carbocycles. The number of hydrogen-bond acceptors (Lipinski definition) is 4. The van der Waals surface area contributed by atoms with Gasteiger partial charge in [0.1, 0.15) is 23.3 Å². The summed E-state index contributed by atoms with van der Waals surface area (Å²) in [4.78, 5) is 17.7. The monoisotopic (exact) mass is 504 g/mol. The molecule has 0 saturated heterocycles. The molecule has 0 bridgehead atoms. The van der Waals surface area contributed by atoms with Crippen LogP contribution in [0.1, 0.15) is 81.9 Å². The molecular weight excluding hydrogens is 460 g/mol. The van der Waals surface area contributed by atoms with Gasteiger partial charge >= 0.3 is 45.5 Å². The van der Waals surface area contributed by atoms with E-state index >= 15 is 0 Å². The van der Waals surface area contributed by atoms with Gasteiger partial charge in [-0.25, -0.2) is 0 Å². The quantitative estimate of drug-likeness (QED) is 0.292. The van der Waals surface area contributed by atoms with Crippen LogP contribution in [0, 0.1) is 0 Å². The molecule has 0 aromatic rings. The van der Waals surface area contributed by atoms with Gasteiger partial charge in [0.05, 0.1) is 0 Å². The summed E-state index contributed by atoms with van der Waals surface area (Å²) in [5.74, 6) is 3.83. The molecule has 0 aromatic heterocycles. The maximum atomic E-state index is 4.43. The Labute approximate surface area is 230 Å². The van der Waals surface area contributed by atoms with Crippen molar-refractivity contribution in [2.24, 2.45) is 20.0 Å². The molecule has 2 aliphatic rings. The van der Waals surface area contributed by atoms with E-state index in [4.69, 9.17) is 0 Å². The molecule has 2 N–H and O–H groups in total. The zero-order valence-electron chi connectivity index (χ0n) is 22.3. The summed E-state index contributed by atoms with van der Waals surface area (Å²) in [5.41, 5.74) is 0. The second-order valence-corrected chi connectivity index (χ2v) is 7.40. The average molecular weight is 504 g/mol. The number of amidine groups is 4. The van der Waals surface area contributed by atoms with Crippen molar-refractivity contribution in [1.29, 1.82) is 0 Å². The van der Waals surface area contributed by atoms with Gasteiger partial charge in [-0.3, -0.25) is 20.0 Å². The van der Waals surface area contributed by atoms with Gasteiger partial charge in [-0.2, -0.15) is 0 Å². The summed E-state index contributed by atoms with van der Waals surface area (Å²) in [7, 11) is 0. The Balaban J connectivity index is -0.000000500. The topological polar surface area (TPSA) is 73.5 Å². The molecule has 6 nitrogen and oxygen atoms in total. The third-order valence-corrected chi connectivity index (χ3v) is 4.49. The van der Waals surface area contributed by atoms with E-state index in [0.717, 1.165) is 75.2 Å². The van der Waals surface area contributed by atoms with Crippen LogP contribution in [0.5, 0.6) is 0 Å². The minimum atomic E-state index is 0. The molecule has 172 valence electrons. The normalized spacial score (nSPS) is 19.5. The van der Waals surface area contributed by atoms with E-state index in [0.29, 0.717) is 0 Å². The molecule has 0 fully saturated rings. The summed E-state index contributed by atoms with van der Waals surface area (Å²) in [6, 6.07) is 0. The largest absolute Gasteiger partial charge is 2.00 e. The van der Waals surface area contributed by atoms with Crippen LogP contribution in [0.25, 0.3) is 0 Å². The first-order valence-electron chi connectivity index (χ1n) is 11.8. The number of hydrogen-bond donors (Lipinski definition) is 2. The van der Waals surface area contributed by atoms with Crippen LogP contribution in [0.2, 0.25) is 0 Å². The predicted octanol–water partition coefficient (Wildman–Crippen LogP) is 4.93. The van der Waals surface area contributed by atoms with Gasteiger partial charge in [-0.15, -0.1) is 0 Å². The van der Waals surface area contributed by atoms with Gasteiger partial charge in [0.15, 0.2) is 0 Å². The Hall–Kier alpha value is -0.759. The van der Waals surface area contributed by atoms with Crippen LogP contribution in [0.3, 0.4) is 0 Å². The Bertz CT molecular complexity index is 549. The Morgan fingerprint density at radius 2 is 0.742 bits per heavy atom. The summed E-state index contributed by atoms with van der Waals surface area (Å²) in [6.45, 7) is 12.3. The predicted molar refractivity (Wildman–Crippen MR) is 141 cm³/mol. The van der Waals surface area contributed by atoms with Crippen LogP contribution >= 0.6 is 0 Å². The van der Waals surface area contributed by atoms with Gasteiger partial charge in [0.2, 0.25) is 0 Å². The third-order valence-electron chi connectivity index (χ3n) is 4.49. The van der Waals surface area contributed by atoms with Crippen LogP contribution in [-0.4, -0.2) is 95.0 Å². The number of rotatable bonds is 12. The molecular formula is C24H44N6Sr. The number of nitrogens with zero attached hydrogens (tertiary/aromatic N) is 4. The van der Waals surface area contributed by atoms with Crippen molar-refractivity contribution < 1.29 is 2.85 Å². The second-order valence-electron chi connectivity index (χ2n) is 7.40. The van der Waals surface area contributed by atoms with E-state index in [1.165, 1.54) is 25.7 Å². The van der Waals surface area contributed by atoms with Gasteiger partial charge in [0, 0.05) is 26.2 Å². The fraction of sp³-hybridized carbons (Fsp3) is 0.667. The first-order valence-corrected chi connectivity index (χ1v) is 11.8. The van der Waals surface area contributed by atoms with Gasteiger partial charge in [0.25, 0.3) is 0 Å². The van der Waals surface area contributed by atoms with Gasteiger partial charge < -0.3 is 13.5 Å². The molecule has 0 atom stereocenters. The van der Waals surface area contributed by atoms with Crippen molar-refractivity contribution in [2.45, 2.75) is 79.1 Å². The van der Waals surface area contributed by atoms with Crippen molar-refractivity contribution in [3.63, 3.8) is 0 Å². The Morgan fingerprint density at radius 1 is 0.516 bits per heavy atom. The van der Waals surface area contributed by atoms with E-state index in [1.807, 2.05) is 24.3 Å². The zero-order valence-corrected chi connectivity index (χ0v) is 23.8. The van der Waals surface area contributed by atoms with Gasteiger partial charge in [-0.1, -0.05) is 53.4 Å². The summed E-state index contributed by atoms with van der Waals surface area (Å²) >= 11 is 0. The average Bonchev–Trinajstić information content (AvgIpc) is 3.39. The molecule has 0 spiro atoms. The van der Waals surface area contributed by atoms with Gasteiger partial charge in [-0.05, 0) is 50.0 Å². The van der Waals surface area contributed by atoms with E-state index in [-0.39, 0.29) is 48.3 Å². The van der Waals surface area contributed by atoms with Crippen LogP contribution in [0.15, 0.2) is 44.3 Å². The molecule has 2 heterocycles. The van der Waals surface area contributed by atoms with E-state index in [9.17, 15) is 0 Å². The molecule has 0 radical (unpaired) electrons. The number of aliphatic imine (C=N–C) groups is 4. The summed E-state index contributed by atoms with van der Waals surface area (Å²) in [6.07, 6.45) is 17.4. The Kier molecular flexibility index (Phi) is 20.6. The standard InChI is InChI=1S/2C12H21N3.Sr.2H/c2*1-3-5-9-13-11-7-8-12(15-11)14-10-6-4-2;;;/h2*7-8H,3-6,9-10H2,1-2H3,(H,13,14,15);;;/q;;+2;2*-1. The van der Waals surface area contributed by atoms with Crippen molar-refractivity contribution in [1.82, 2.24) is 10.6 Å². The van der Waals surface area contributed by atoms with Crippen LogP contribution < -0.4 is 10.6 Å². The summed E-state index contributed by atoms with van der Waals surface area (Å²) in [5, 5.41) is 6.40. The Morgan fingerprint density at radius 3 is 0.935 bits per heavy atom. The minimum Gasteiger partial charge on any atom is -1.00 e. The smallest absolute Gasteiger partial charge is 1.00 e. The number of nitrogens with one attached hydrogen (secondary N) is 2. The SMILES string of the molecule is CCCCN=C1C=CC(=NCCCC)N1.CCCCN=C1C=CC(=NCCCC)N1.[H-].[H-].[Sr+2]. The van der Waals surface area contributed by atoms with Crippen molar-refractivity contribution in [3.05, 3.63) is 24.3 Å². The molecule has 0 saturated carbocycles. The minimum absolute atomic E-state index is 0. The second kappa shape index (κ2) is 21.1. The fourth-order valence-corrected chi connectivity index (χ4v) is 2.54. The molecule has 31 heavy (non-hydrogen) atoms. The molecule has 2 rings (SSSR count). The maximum absolute atomic E-state index is 4.43. The summed E-state index contributed by atoms with van der Waals surface area (Å²) < 4.78 is 0. The third kappa shape index (κ3) is 15.6. The molecule has 0 aliphatic carbocycles. The first kappa shape index (κ1) is 30.2. The molecule has 0 amide bonds. The van der Waals surface area contributed by atoms with E-state index in [2.05, 4.69) is 58.3 Å². The van der Waals surface area contributed by atoms with E-state index in [1.54, 1.807) is 0 Å². The first-order chi connectivity index (χ1) is 14.7. The van der Waals surface area contributed by atoms with E-state index < -0.39 is 0 Å². The van der Waals surface area contributed by atoms with Crippen molar-refractivity contribution in [2.75, 3.05) is 26.2 Å². The molecule has 0 unspecified atom stereocenters. The van der Waals surface area contributed by atoms with Crippen molar-refractivity contribution in [3.8, 4) is 0 Å². The maximum Gasteiger partial charge on any atom is 2.00 e. The molecule has 7 heteroatoms. The van der Waals surface area contributed by atoms with Crippen LogP contribution in [0.4, 0.5) is 0 Å². The molecule has 2 aliphatic heterocycles. The number of unbranched alkanes of at least 4 members (excludes halogenated alkanes) is 4. The fourth-order valence-electron chi connectivity index (χ4n) is 2.54. The van der Waals surface area contributed by atoms with Crippen molar-refractivity contribution >= 4 is 68.8 Å².